The summed E-state index contributed by atoms with van der Waals surface area (Å²) in [6.07, 6.45) is 4.11. The summed E-state index contributed by atoms with van der Waals surface area (Å²) in [5, 5.41) is 7.99. The van der Waals surface area contributed by atoms with Gasteiger partial charge in [-0.2, -0.15) is 11.3 Å². The molecule has 1 aliphatic carbocycles. The fourth-order valence-electron chi connectivity index (χ4n) is 2.29. The first-order valence-electron chi connectivity index (χ1n) is 5.54. The van der Waals surface area contributed by atoms with Gasteiger partial charge in [-0.05, 0) is 36.1 Å². The highest BCUT2D eigenvalue weighted by molar-refractivity contribution is 7.08. The minimum atomic E-state index is 0.688. The largest absolute Gasteiger partial charge is 0.381 e. The van der Waals surface area contributed by atoms with Crippen LogP contribution in [0.5, 0.6) is 0 Å². The Morgan fingerprint density at radius 2 is 2.21 bits per heavy atom. The maximum absolute atomic E-state index is 3.65. The van der Waals surface area contributed by atoms with E-state index in [2.05, 4.69) is 36.0 Å². The molecule has 0 aromatic carbocycles. The molecule has 0 aliphatic heterocycles. The minimum absolute atomic E-state index is 0.688. The molecule has 3 unspecified atom stereocenters. The number of anilines is 1. The van der Waals surface area contributed by atoms with Gasteiger partial charge in [0.15, 0.2) is 0 Å². The van der Waals surface area contributed by atoms with E-state index in [1.807, 2.05) is 0 Å². The predicted molar refractivity (Wildman–Crippen MR) is 63.9 cm³/mol. The third-order valence-corrected chi connectivity index (χ3v) is 4.01. The summed E-state index contributed by atoms with van der Waals surface area (Å²) >= 11 is 1.77. The van der Waals surface area contributed by atoms with Crippen molar-refractivity contribution in [3.8, 4) is 0 Å². The van der Waals surface area contributed by atoms with E-state index in [1.54, 1.807) is 11.3 Å². The summed E-state index contributed by atoms with van der Waals surface area (Å²) < 4.78 is 0. The van der Waals surface area contributed by atoms with Gasteiger partial charge in [0.1, 0.15) is 0 Å². The first-order valence-corrected chi connectivity index (χ1v) is 6.48. The van der Waals surface area contributed by atoms with Crippen LogP contribution in [-0.2, 0) is 0 Å². The first-order chi connectivity index (χ1) is 6.75. The van der Waals surface area contributed by atoms with Gasteiger partial charge in [-0.15, -0.1) is 0 Å². The summed E-state index contributed by atoms with van der Waals surface area (Å²) in [5.41, 5.74) is 1.31. The molecule has 1 fully saturated rings. The summed E-state index contributed by atoms with van der Waals surface area (Å²) in [4.78, 5) is 0. The highest BCUT2D eigenvalue weighted by Gasteiger charge is 2.25. The van der Waals surface area contributed by atoms with Crippen LogP contribution >= 0.6 is 11.3 Å². The van der Waals surface area contributed by atoms with Crippen LogP contribution in [0.4, 0.5) is 5.69 Å². The molecule has 78 valence electrons. The maximum atomic E-state index is 3.65. The van der Waals surface area contributed by atoms with Crippen LogP contribution in [0.1, 0.15) is 33.1 Å². The number of nitrogens with one attached hydrogen (secondary N) is 1. The maximum Gasteiger partial charge on any atom is 0.0451 e. The fourth-order valence-corrected chi connectivity index (χ4v) is 2.89. The monoisotopic (exact) mass is 209 g/mol. The molecule has 14 heavy (non-hydrogen) atoms. The van der Waals surface area contributed by atoms with Crippen molar-refractivity contribution in [2.75, 3.05) is 5.32 Å². The zero-order valence-electron chi connectivity index (χ0n) is 8.99. The fraction of sp³-hybridized carbons (Fsp3) is 0.667. The molecule has 2 rings (SSSR count). The van der Waals surface area contributed by atoms with Crippen LogP contribution in [0.15, 0.2) is 16.8 Å². The van der Waals surface area contributed by atoms with Crippen molar-refractivity contribution in [1.29, 1.82) is 0 Å². The molecule has 1 saturated carbocycles. The van der Waals surface area contributed by atoms with Crippen LogP contribution in [0, 0.1) is 11.8 Å². The highest BCUT2D eigenvalue weighted by Crippen LogP contribution is 2.30. The Bertz CT molecular complexity index is 268. The molecule has 1 aromatic heterocycles. The standard InChI is InChI=1S/C12H19NS/c1-9-3-4-10(2)12(7-9)13-11-5-6-14-8-11/h5-6,8-10,12-13H,3-4,7H2,1-2H3. The molecule has 0 radical (unpaired) electrons. The van der Waals surface area contributed by atoms with E-state index < -0.39 is 0 Å². The third-order valence-electron chi connectivity index (χ3n) is 3.33. The summed E-state index contributed by atoms with van der Waals surface area (Å²) in [6, 6.07) is 2.87. The molecule has 1 heterocycles. The normalized spacial score (nSPS) is 32.9. The van der Waals surface area contributed by atoms with Crippen molar-refractivity contribution < 1.29 is 0 Å². The Balaban J connectivity index is 1.95. The van der Waals surface area contributed by atoms with Gasteiger partial charge in [0.25, 0.3) is 0 Å². The Hall–Kier alpha value is -0.500. The van der Waals surface area contributed by atoms with Crippen molar-refractivity contribution in [3.05, 3.63) is 16.8 Å². The molecule has 0 saturated heterocycles. The number of rotatable bonds is 2. The van der Waals surface area contributed by atoms with Crippen molar-refractivity contribution in [2.45, 2.75) is 39.2 Å². The Morgan fingerprint density at radius 3 is 2.93 bits per heavy atom. The van der Waals surface area contributed by atoms with Crippen molar-refractivity contribution in [2.24, 2.45) is 11.8 Å². The van der Waals surface area contributed by atoms with Gasteiger partial charge < -0.3 is 5.32 Å². The van der Waals surface area contributed by atoms with Crippen LogP contribution in [-0.4, -0.2) is 6.04 Å². The lowest BCUT2D eigenvalue weighted by Gasteiger charge is -2.33. The van der Waals surface area contributed by atoms with Crippen LogP contribution in [0.25, 0.3) is 0 Å². The molecule has 0 amide bonds. The smallest absolute Gasteiger partial charge is 0.0451 e. The third kappa shape index (κ3) is 2.30. The second-order valence-electron chi connectivity index (χ2n) is 4.66. The molecular weight excluding hydrogens is 190 g/mol. The van der Waals surface area contributed by atoms with E-state index in [1.165, 1.54) is 24.9 Å². The van der Waals surface area contributed by atoms with Gasteiger partial charge in [0.2, 0.25) is 0 Å². The van der Waals surface area contributed by atoms with Crippen LogP contribution in [0.3, 0.4) is 0 Å². The van der Waals surface area contributed by atoms with Crippen molar-refractivity contribution >= 4 is 17.0 Å². The molecule has 1 aliphatic rings. The highest BCUT2D eigenvalue weighted by atomic mass is 32.1. The quantitative estimate of drug-likeness (QED) is 0.776. The Kier molecular flexibility index (Phi) is 3.12. The molecular formula is C12H19NS. The molecule has 0 spiro atoms. The lowest BCUT2D eigenvalue weighted by molar-refractivity contribution is 0.281. The second-order valence-corrected chi connectivity index (χ2v) is 5.44. The van der Waals surface area contributed by atoms with E-state index in [0.717, 1.165) is 11.8 Å². The van der Waals surface area contributed by atoms with Gasteiger partial charge in [-0.1, -0.05) is 20.3 Å². The average molecular weight is 209 g/mol. The number of hydrogen-bond donors (Lipinski definition) is 1. The van der Waals surface area contributed by atoms with Crippen molar-refractivity contribution in [3.63, 3.8) is 0 Å². The van der Waals surface area contributed by atoms with Crippen molar-refractivity contribution in [1.82, 2.24) is 0 Å². The van der Waals surface area contributed by atoms with Gasteiger partial charge in [-0.3, -0.25) is 0 Å². The van der Waals surface area contributed by atoms with E-state index in [4.69, 9.17) is 0 Å². The van der Waals surface area contributed by atoms with Gasteiger partial charge in [-0.25, -0.2) is 0 Å². The second kappa shape index (κ2) is 4.35. The molecule has 2 heteroatoms. The molecule has 1 N–H and O–H groups in total. The first kappa shape index (κ1) is 10.0. The minimum Gasteiger partial charge on any atom is -0.381 e. The van der Waals surface area contributed by atoms with E-state index >= 15 is 0 Å². The molecule has 1 nitrogen and oxygen atoms in total. The topological polar surface area (TPSA) is 12.0 Å². The zero-order chi connectivity index (χ0) is 9.97. The molecule has 3 atom stereocenters. The Labute approximate surface area is 90.5 Å². The average Bonchev–Trinajstić information content (AvgIpc) is 2.64. The lowest BCUT2D eigenvalue weighted by atomic mass is 9.80. The SMILES string of the molecule is CC1CCC(C)C(Nc2ccsc2)C1. The van der Waals surface area contributed by atoms with Crippen LogP contribution < -0.4 is 5.32 Å². The molecule has 0 bridgehead atoms. The number of hydrogen-bond acceptors (Lipinski definition) is 2. The lowest BCUT2D eigenvalue weighted by Crippen LogP contribution is -2.33. The van der Waals surface area contributed by atoms with Crippen LogP contribution in [0.2, 0.25) is 0 Å². The summed E-state index contributed by atoms with van der Waals surface area (Å²) in [5.74, 6) is 1.72. The number of thiophene rings is 1. The Morgan fingerprint density at radius 1 is 1.36 bits per heavy atom. The van der Waals surface area contributed by atoms with Gasteiger partial charge >= 0.3 is 0 Å². The van der Waals surface area contributed by atoms with E-state index in [0.29, 0.717) is 6.04 Å². The molecule has 1 aromatic rings. The predicted octanol–water partition coefficient (Wildman–Crippen LogP) is 3.98. The van der Waals surface area contributed by atoms with Gasteiger partial charge in [0, 0.05) is 17.1 Å². The van der Waals surface area contributed by atoms with E-state index in [9.17, 15) is 0 Å². The summed E-state index contributed by atoms with van der Waals surface area (Å²) in [6.45, 7) is 4.74. The zero-order valence-corrected chi connectivity index (χ0v) is 9.81. The van der Waals surface area contributed by atoms with Gasteiger partial charge in [0.05, 0.1) is 0 Å². The van der Waals surface area contributed by atoms with E-state index in [-0.39, 0.29) is 0 Å². The summed E-state index contributed by atoms with van der Waals surface area (Å²) in [7, 11) is 0.